The zero-order valence-electron chi connectivity index (χ0n) is 15.5. The van der Waals surface area contributed by atoms with Crippen LogP contribution in [0.15, 0.2) is 47.4 Å². The standard InChI is InChI=1S/C19H25N3O3S/c1-5-20-26(24,25)16-11-10-14(2)17(12-16)19(23)21-18-9-7-6-8-15(18)13-22(3)4/h6-12,20H,5,13H2,1-4H3,(H,21,23). The topological polar surface area (TPSA) is 78.5 Å². The van der Waals surface area contributed by atoms with Crippen LogP contribution in [0.3, 0.4) is 0 Å². The number of aryl methyl sites for hydroxylation is 1. The quantitative estimate of drug-likeness (QED) is 0.780. The van der Waals surface area contributed by atoms with E-state index in [2.05, 4.69) is 10.0 Å². The van der Waals surface area contributed by atoms with E-state index < -0.39 is 10.0 Å². The molecular weight excluding hydrogens is 350 g/mol. The molecule has 0 atom stereocenters. The highest BCUT2D eigenvalue weighted by Crippen LogP contribution is 2.20. The normalized spacial score (nSPS) is 11.6. The molecule has 0 heterocycles. The van der Waals surface area contributed by atoms with E-state index in [-0.39, 0.29) is 17.3 Å². The van der Waals surface area contributed by atoms with Crippen molar-refractivity contribution in [3.05, 3.63) is 59.2 Å². The Morgan fingerprint density at radius 1 is 1.12 bits per heavy atom. The molecule has 2 N–H and O–H groups in total. The van der Waals surface area contributed by atoms with Crippen LogP contribution in [0.2, 0.25) is 0 Å². The molecule has 0 radical (unpaired) electrons. The van der Waals surface area contributed by atoms with Crippen LogP contribution in [0, 0.1) is 6.92 Å². The summed E-state index contributed by atoms with van der Waals surface area (Å²) in [6.07, 6.45) is 0. The summed E-state index contributed by atoms with van der Waals surface area (Å²) in [6, 6.07) is 12.1. The Hall–Kier alpha value is -2.22. The third-order valence-electron chi connectivity index (χ3n) is 3.85. The summed E-state index contributed by atoms with van der Waals surface area (Å²) in [4.78, 5) is 14.9. The van der Waals surface area contributed by atoms with Crippen molar-refractivity contribution in [2.75, 3.05) is 26.0 Å². The molecule has 140 valence electrons. The number of amides is 1. The maximum Gasteiger partial charge on any atom is 0.255 e. The van der Waals surface area contributed by atoms with Crippen LogP contribution in [-0.2, 0) is 16.6 Å². The van der Waals surface area contributed by atoms with E-state index in [1.807, 2.05) is 43.3 Å². The van der Waals surface area contributed by atoms with E-state index in [0.717, 1.165) is 5.56 Å². The van der Waals surface area contributed by atoms with Crippen molar-refractivity contribution >= 4 is 21.6 Å². The van der Waals surface area contributed by atoms with Crippen LogP contribution in [0.5, 0.6) is 0 Å². The van der Waals surface area contributed by atoms with Gasteiger partial charge in [0.25, 0.3) is 5.91 Å². The number of sulfonamides is 1. The fourth-order valence-corrected chi connectivity index (χ4v) is 3.66. The number of carbonyl (C=O) groups is 1. The van der Waals surface area contributed by atoms with Crippen LogP contribution >= 0.6 is 0 Å². The van der Waals surface area contributed by atoms with Crippen molar-refractivity contribution in [1.82, 2.24) is 9.62 Å². The van der Waals surface area contributed by atoms with Crippen molar-refractivity contribution in [3.63, 3.8) is 0 Å². The first-order valence-electron chi connectivity index (χ1n) is 8.39. The van der Waals surface area contributed by atoms with Crippen LogP contribution in [0.4, 0.5) is 5.69 Å². The van der Waals surface area contributed by atoms with Gasteiger partial charge in [0.2, 0.25) is 10.0 Å². The van der Waals surface area contributed by atoms with Gasteiger partial charge in [-0.2, -0.15) is 0 Å². The van der Waals surface area contributed by atoms with Gasteiger partial charge in [-0.1, -0.05) is 31.2 Å². The van der Waals surface area contributed by atoms with Crippen molar-refractivity contribution in [1.29, 1.82) is 0 Å². The molecule has 0 aromatic heterocycles. The maximum atomic E-state index is 12.8. The Morgan fingerprint density at radius 2 is 1.81 bits per heavy atom. The minimum atomic E-state index is -3.62. The predicted octanol–water partition coefficient (Wildman–Crippen LogP) is 2.61. The molecule has 1 amide bonds. The molecule has 0 aliphatic heterocycles. The summed E-state index contributed by atoms with van der Waals surface area (Å²) < 4.78 is 26.8. The largest absolute Gasteiger partial charge is 0.322 e. The molecule has 0 fully saturated rings. The number of nitrogens with one attached hydrogen (secondary N) is 2. The monoisotopic (exact) mass is 375 g/mol. The number of rotatable bonds is 7. The smallest absolute Gasteiger partial charge is 0.255 e. The average molecular weight is 375 g/mol. The van der Waals surface area contributed by atoms with E-state index in [9.17, 15) is 13.2 Å². The van der Waals surface area contributed by atoms with Gasteiger partial charge in [0.1, 0.15) is 0 Å². The number of benzene rings is 2. The zero-order valence-corrected chi connectivity index (χ0v) is 16.4. The van der Waals surface area contributed by atoms with Crippen molar-refractivity contribution in [2.45, 2.75) is 25.3 Å². The van der Waals surface area contributed by atoms with Crippen LogP contribution in [0.1, 0.15) is 28.4 Å². The van der Waals surface area contributed by atoms with Crippen LogP contribution < -0.4 is 10.0 Å². The lowest BCUT2D eigenvalue weighted by atomic mass is 10.1. The molecule has 7 heteroatoms. The molecule has 0 aliphatic carbocycles. The van der Waals surface area contributed by atoms with Crippen LogP contribution in [-0.4, -0.2) is 39.9 Å². The van der Waals surface area contributed by atoms with Gasteiger partial charge in [0.15, 0.2) is 0 Å². The summed E-state index contributed by atoms with van der Waals surface area (Å²) >= 11 is 0. The number of nitrogens with zero attached hydrogens (tertiary/aromatic N) is 1. The molecule has 2 aromatic carbocycles. The van der Waals surface area contributed by atoms with Crippen molar-refractivity contribution in [3.8, 4) is 0 Å². The molecule has 6 nitrogen and oxygen atoms in total. The van der Waals surface area contributed by atoms with Gasteiger partial charge in [0, 0.05) is 24.3 Å². The number of hydrogen-bond donors (Lipinski definition) is 2. The van der Waals surface area contributed by atoms with Crippen molar-refractivity contribution < 1.29 is 13.2 Å². The predicted molar refractivity (Wildman–Crippen MR) is 104 cm³/mol. The summed E-state index contributed by atoms with van der Waals surface area (Å²) in [5, 5.41) is 2.90. The second-order valence-electron chi connectivity index (χ2n) is 6.33. The number of carbonyl (C=O) groups excluding carboxylic acids is 1. The Morgan fingerprint density at radius 3 is 2.46 bits per heavy atom. The van der Waals surface area contributed by atoms with Crippen molar-refractivity contribution in [2.24, 2.45) is 0 Å². The fraction of sp³-hybridized carbons (Fsp3) is 0.316. The molecule has 2 aromatic rings. The van der Waals surface area contributed by atoms with E-state index in [4.69, 9.17) is 0 Å². The van der Waals surface area contributed by atoms with E-state index >= 15 is 0 Å². The second-order valence-corrected chi connectivity index (χ2v) is 8.09. The first kappa shape index (κ1) is 20.1. The minimum absolute atomic E-state index is 0.0803. The summed E-state index contributed by atoms with van der Waals surface area (Å²) in [7, 11) is 0.296. The highest BCUT2D eigenvalue weighted by molar-refractivity contribution is 7.89. The molecular formula is C19H25N3O3S. The number of hydrogen-bond acceptors (Lipinski definition) is 4. The molecule has 2 rings (SSSR count). The molecule has 26 heavy (non-hydrogen) atoms. The molecule has 0 aliphatic rings. The number of anilines is 1. The van der Waals surface area contributed by atoms with Gasteiger partial charge in [-0.25, -0.2) is 13.1 Å². The second kappa shape index (κ2) is 8.44. The highest BCUT2D eigenvalue weighted by Gasteiger charge is 2.18. The fourth-order valence-electron chi connectivity index (χ4n) is 2.60. The Balaban J connectivity index is 2.34. The molecule has 0 saturated carbocycles. The van der Waals surface area contributed by atoms with Gasteiger partial charge >= 0.3 is 0 Å². The third kappa shape index (κ3) is 4.91. The van der Waals surface area contributed by atoms with E-state index in [0.29, 0.717) is 23.4 Å². The SMILES string of the molecule is CCNS(=O)(=O)c1ccc(C)c(C(=O)Nc2ccccc2CN(C)C)c1. The average Bonchev–Trinajstić information content (AvgIpc) is 2.56. The van der Waals surface area contributed by atoms with Gasteiger partial charge in [0.05, 0.1) is 4.90 Å². The summed E-state index contributed by atoms with van der Waals surface area (Å²) in [6.45, 7) is 4.46. The van der Waals surface area contributed by atoms with Gasteiger partial charge in [-0.3, -0.25) is 4.79 Å². The lowest BCUT2D eigenvalue weighted by Crippen LogP contribution is -2.24. The molecule has 0 unspecified atom stereocenters. The van der Waals surface area contributed by atoms with Gasteiger partial charge < -0.3 is 10.2 Å². The van der Waals surface area contributed by atoms with Gasteiger partial charge in [-0.15, -0.1) is 0 Å². The summed E-state index contributed by atoms with van der Waals surface area (Å²) in [5.74, 6) is -0.331. The molecule has 0 spiro atoms. The Bertz CT molecular complexity index is 893. The van der Waals surface area contributed by atoms with Gasteiger partial charge in [-0.05, 0) is 50.3 Å². The van der Waals surface area contributed by atoms with E-state index in [1.54, 1.807) is 19.9 Å². The lowest BCUT2D eigenvalue weighted by Gasteiger charge is -2.16. The molecule has 0 saturated heterocycles. The Labute approximate surface area is 155 Å². The number of para-hydroxylation sites is 1. The summed E-state index contributed by atoms with van der Waals surface area (Å²) in [5.41, 5.74) is 2.75. The zero-order chi connectivity index (χ0) is 19.3. The first-order valence-corrected chi connectivity index (χ1v) is 9.87. The first-order chi connectivity index (χ1) is 12.2. The lowest BCUT2D eigenvalue weighted by molar-refractivity contribution is 0.102. The third-order valence-corrected chi connectivity index (χ3v) is 5.39. The maximum absolute atomic E-state index is 12.8. The minimum Gasteiger partial charge on any atom is -0.322 e. The Kier molecular flexibility index (Phi) is 6.52. The van der Waals surface area contributed by atoms with E-state index in [1.165, 1.54) is 12.1 Å². The van der Waals surface area contributed by atoms with Crippen LogP contribution in [0.25, 0.3) is 0 Å². The molecule has 0 bridgehead atoms. The highest BCUT2D eigenvalue weighted by atomic mass is 32.2.